The topological polar surface area (TPSA) is 15.3 Å². The summed E-state index contributed by atoms with van der Waals surface area (Å²) < 4.78 is 0. The van der Waals surface area contributed by atoms with Gasteiger partial charge in [0.05, 0.1) is 0 Å². The third-order valence-electron chi connectivity index (χ3n) is 2.04. The summed E-state index contributed by atoms with van der Waals surface area (Å²) in [5.74, 6) is 0. The number of nitrogens with one attached hydrogen (secondary N) is 1. The molecule has 1 N–H and O–H groups in total. The van der Waals surface area contributed by atoms with E-state index in [2.05, 4.69) is 38.0 Å². The van der Waals surface area contributed by atoms with Crippen molar-refractivity contribution in [2.45, 2.75) is 33.2 Å². The lowest BCUT2D eigenvalue weighted by atomic mass is 10.2. The monoisotopic (exact) mass is 158 g/mol. The predicted molar refractivity (Wildman–Crippen MR) is 50.9 cm³/mol. The molecular formula is C9H22N2. The van der Waals surface area contributed by atoms with Gasteiger partial charge in [0.25, 0.3) is 0 Å². The minimum atomic E-state index is 0.661. The zero-order valence-electron chi connectivity index (χ0n) is 8.35. The van der Waals surface area contributed by atoms with Crippen LogP contribution in [-0.2, 0) is 0 Å². The van der Waals surface area contributed by atoms with Crippen LogP contribution in [0.15, 0.2) is 0 Å². The maximum absolute atomic E-state index is 3.40. The molecule has 0 rings (SSSR count). The normalized spacial score (nSPS) is 13.9. The van der Waals surface area contributed by atoms with E-state index in [1.807, 2.05) is 0 Å². The summed E-state index contributed by atoms with van der Waals surface area (Å²) in [6, 6.07) is 0.661. The molecule has 2 nitrogen and oxygen atoms in total. The third-order valence-corrected chi connectivity index (χ3v) is 2.04. The summed E-state index contributed by atoms with van der Waals surface area (Å²) in [5, 5.41) is 3.40. The Kier molecular flexibility index (Phi) is 6.57. The Bertz CT molecular complexity index is 83.6. The minimum Gasteiger partial charge on any atom is -0.314 e. The lowest BCUT2D eigenvalue weighted by Gasteiger charge is -2.17. The second kappa shape index (κ2) is 6.62. The van der Waals surface area contributed by atoms with Crippen molar-refractivity contribution in [2.75, 3.05) is 26.7 Å². The van der Waals surface area contributed by atoms with Gasteiger partial charge in [-0.25, -0.2) is 0 Å². The van der Waals surface area contributed by atoms with Crippen molar-refractivity contribution >= 4 is 0 Å². The Morgan fingerprint density at radius 3 is 2.45 bits per heavy atom. The van der Waals surface area contributed by atoms with Crippen LogP contribution in [0.2, 0.25) is 0 Å². The lowest BCUT2D eigenvalue weighted by Crippen LogP contribution is -2.30. The van der Waals surface area contributed by atoms with Crippen LogP contribution < -0.4 is 5.32 Å². The van der Waals surface area contributed by atoms with Crippen LogP contribution in [0.25, 0.3) is 0 Å². The van der Waals surface area contributed by atoms with Crippen molar-refractivity contribution in [3.8, 4) is 0 Å². The van der Waals surface area contributed by atoms with Gasteiger partial charge >= 0.3 is 0 Å². The van der Waals surface area contributed by atoms with Crippen LogP contribution in [0.1, 0.15) is 27.2 Å². The first-order valence-electron chi connectivity index (χ1n) is 4.62. The first kappa shape index (κ1) is 10.9. The fourth-order valence-corrected chi connectivity index (χ4v) is 1.02. The van der Waals surface area contributed by atoms with Crippen LogP contribution in [0, 0.1) is 0 Å². The summed E-state index contributed by atoms with van der Waals surface area (Å²) in [7, 11) is 2.17. The molecule has 0 bridgehead atoms. The van der Waals surface area contributed by atoms with E-state index in [-0.39, 0.29) is 0 Å². The molecule has 0 aliphatic heterocycles. The van der Waals surface area contributed by atoms with E-state index < -0.39 is 0 Å². The molecule has 0 aromatic rings. The zero-order chi connectivity index (χ0) is 8.69. The highest BCUT2D eigenvalue weighted by Gasteiger charge is 2.00. The average Bonchev–Trinajstić information content (AvgIpc) is 2.01. The molecule has 0 radical (unpaired) electrons. The first-order valence-corrected chi connectivity index (χ1v) is 4.62. The minimum absolute atomic E-state index is 0.661. The summed E-state index contributed by atoms with van der Waals surface area (Å²) >= 11 is 0. The van der Waals surface area contributed by atoms with E-state index >= 15 is 0 Å². The standard InChI is InChI=1S/C9H22N2/c1-5-10-9(3)7-8-11(4)6-2/h9-10H,5-8H2,1-4H3. The first-order chi connectivity index (χ1) is 5.20. The molecule has 0 aromatic heterocycles. The van der Waals surface area contributed by atoms with Gasteiger partial charge in [-0.05, 0) is 40.0 Å². The summed E-state index contributed by atoms with van der Waals surface area (Å²) in [4.78, 5) is 2.34. The Morgan fingerprint density at radius 2 is 2.00 bits per heavy atom. The fourth-order valence-electron chi connectivity index (χ4n) is 1.02. The number of hydrogen-bond donors (Lipinski definition) is 1. The molecule has 68 valence electrons. The molecule has 0 spiro atoms. The fraction of sp³-hybridized carbons (Fsp3) is 1.00. The number of rotatable bonds is 6. The Morgan fingerprint density at radius 1 is 1.36 bits per heavy atom. The molecule has 1 atom stereocenters. The van der Waals surface area contributed by atoms with Crippen LogP contribution in [-0.4, -0.2) is 37.6 Å². The van der Waals surface area contributed by atoms with Crippen LogP contribution >= 0.6 is 0 Å². The van der Waals surface area contributed by atoms with Gasteiger partial charge in [-0.15, -0.1) is 0 Å². The van der Waals surface area contributed by atoms with E-state index in [0.29, 0.717) is 6.04 Å². The maximum atomic E-state index is 3.40. The van der Waals surface area contributed by atoms with E-state index in [9.17, 15) is 0 Å². The molecule has 11 heavy (non-hydrogen) atoms. The molecule has 2 heteroatoms. The molecule has 1 unspecified atom stereocenters. The molecule has 0 aromatic carbocycles. The molecule has 0 aliphatic carbocycles. The maximum Gasteiger partial charge on any atom is 0.00507 e. The molecule has 0 heterocycles. The molecule has 0 fully saturated rings. The van der Waals surface area contributed by atoms with Crippen molar-refractivity contribution in [1.82, 2.24) is 10.2 Å². The number of nitrogens with zero attached hydrogens (tertiary/aromatic N) is 1. The van der Waals surface area contributed by atoms with Gasteiger partial charge in [0.15, 0.2) is 0 Å². The Balaban J connectivity index is 3.22. The van der Waals surface area contributed by atoms with Gasteiger partial charge in [0.1, 0.15) is 0 Å². The van der Waals surface area contributed by atoms with Gasteiger partial charge in [-0.3, -0.25) is 0 Å². The van der Waals surface area contributed by atoms with Crippen molar-refractivity contribution in [3.05, 3.63) is 0 Å². The quantitative estimate of drug-likeness (QED) is 0.627. The van der Waals surface area contributed by atoms with E-state index in [1.54, 1.807) is 0 Å². The van der Waals surface area contributed by atoms with Gasteiger partial charge in [-0.1, -0.05) is 13.8 Å². The highest BCUT2D eigenvalue weighted by Crippen LogP contribution is 1.92. The van der Waals surface area contributed by atoms with Crippen molar-refractivity contribution in [1.29, 1.82) is 0 Å². The molecule has 0 amide bonds. The smallest absolute Gasteiger partial charge is 0.00507 e. The highest BCUT2D eigenvalue weighted by molar-refractivity contribution is 4.61. The van der Waals surface area contributed by atoms with Crippen molar-refractivity contribution < 1.29 is 0 Å². The van der Waals surface area contributed by atoms with Gasteiger partial charge in [-0.2, -0.15) is 0 Å². The molecule has 0 saturated carbocycles. The van der Waals surface area contributed by atoms with Gasteiger partial charge < -0.3 is 10.2 Å². The summed E-state index contributed by atoms with van der Waals surface area (Å²) in [6.07, 6.45) is 1.25. The molecular weight excluding hydrogens is 136 g/mol. The second-order valence-corrected chi connectivity index (χ2v) is 3.14. The summed E-state index contributed by atoms with van der Waals surface area (Å²) in [6.45, 7) is 10.0. The van der Waals surface area contributed by atoms with Crippen molar-refractivity contribution in [3.63, 3.8) is 0 Å². The Labute approximate surface area is 71.0 Å². The van der Waals surface area contributed by atoms with E-state index in [0.717, 1.165) is 13.1 Å². The Hall–Kier alpha value is -0.0800. The highest BCUT2D eigenvalue weighted by atomic mass is 15.1. The molecule has 0 saturated heterocycles. The van der Waals surface area contributed by atoms with Gasteiger partial charge in [0.2, 0.25) is 0 Å². The third kappa shape index (κ3) is 6.32. The van der Waals surface area contributed by atoms with Crippen molar-refractivity contribution in [2.24, 2.45) is 0 Å². The SMILES string of the molecule is CCNC(C)CCN(C)CC. The van der Waals surface area contributed by atoms with Crippen LogP contribution in [0.4, 0.5) is 0 Å². The van der Waals surface area contributed by atoms with Crippen LogP contribution in [0.5, 0.6) is 0 Å². The molecule has 0 aliphatic rings. The largest absolute Gasteiger partial charge is 0.314 e. The van der Waals surface area contributed by atoms with E-state index in [1.165, 1.54) is 13.0 Å². The van der Waals surface area contributed by atoms with Crippen LogP contribution in [0.3, 0.4) is 0 Å². The second-order valence-electron chi connectivity index (χ2n) is 3.14. The lowest BCUT2D eigenvalue weighted by molar-refractivity contribution is 0.326. The van der Waals surface area contributed by atoms with Gasteiger partial charge in [0, 0.05) is 6.04 Å². The number of hydrogen-bond acceptors (Lipinski definition) is 2. The van der Waals surface area contributed by atoms with E-state index in [4.69, 9.17) is 0 Å². The summed E-state index contributed by atoms with van der Waals surface area (Å²) in [5.41, 5.74) is 0. The zero-order valence-corrected chi connectivity index (χ0v) is 8.35. The predicted octanol–water partition coefficient (Wildman–Crippen LogP) is 1.33. The average molecular weight is 158 g/mol.